The number of aryl methyl sites for hydroxylation is 2. The molecule has 2 amide bonds. The maximum Gasteiger partial charge on any atom is 0.261 e. The molecule has 3 rings (SSSR count). The second-order valence-electron chi connectivity index (χ2n) is 5.68. The molecular formula is C17H17N3O4. The number of nitrogens with zero attached hydrogens (tertiary/aromatic N) is 3. The zero-order chi connectivity index (χ0) is 17.3. The molecule has 0 aliphatic carbocycles. The van der Waals surface area contributed by atoms with Gasteiger partial charge in [0, 0.05) is 6.07 Å². The van der Waals surface area contributed by atoms with Crippen LogP contribution in [-0.4, -0.2) is 51.3 Å². The topological polar surface area (TPSA) is 92.6 Å². The zero-order valence-corrected chi connectivity index (χ0v) is 13.4. The Balaban J connectivity index is 1.61. The third kappa shape index (κ3) is 2.98. The van der Waals surface area contributed by atoms with Crippen LogP contribution in [0.15, 0.2) is 30.3 Å². The molecule has 2 aromatic rings. The molecule has 1 aliphatic heterocycles. The van der Waals surface area contributed by atoms with E-state index >= 15 is 0 Å². The molecule has 24 heavy (non-hydrogen) atoms. The Labute approximate surface area is 138 Å². The van der Waals surface area contributed by atoms with Crippen molar-refractivity contribution in [3.8, 4) is 5.88 Å². The molecule has 1 N–H and O–H groups in total. The summed E-state index contributed by atoms with van der Waals surface area (Å²) in [5.74, 6) is -0.513. The van der Waals surface area contributed by atoms with Crippen LogP contribution in [0.5, 0.6) is 5.88 Å². The minimum atomic E-state index is -1.02. The summed E-state index contributed by atoms with van der Waals surface area (Å²) in [6.45, 7) is 3.49. The highest BCUT2D eigenvalue weighted by Gasteiger charge is 2.36. The molecule has 0 fully saturated rings. The van der Waals surface area contributed by atoms with Crippen LogP contribution in [0.25, 0.3) is 0 Å². The maximum absolute atomic E-state index is 12.2. The van der Waals surface area contributed by atoms with Gasteiger partial charge in [0.05, 0.1) is 23.4 Å². The van der Waals surface area contributed by atoms with Gasteiger partial charge in [0.25, 0.3) is 11.8 Å². The number of imide groups is 1. The van der Waals surface area contributed by atoms with Crippen LogP contribution in [0, 0.1) is 13.8 Å². The van der Waals surface area contributed by atoms with E-state index in [9.17, 15) is 14.7 Å². The Bertz CT molecular complexity index is 771. The smallest absolute Gasteiger partial charge is 0.261 e. The summed E-state index contributed by atoms with van der Waals surface area (Å²) in [4.78, 5) is 25.5. The van der Waals surface area contributed by atoms with Crippen molar-refractivity contribution in [3.63, 3.8) is 0 Å². The molecule has 7 heteroatoms. The monoisotopic (exact) mass is 327 g/mol. The van der Waals surface area contributed by atoms with Crippen LogP contribution < -0.4 is 4.74 Å². The van der Waals surface area contributed by atoms with Gasteiger partial charge in [0.2, 0.25) is 5.88 Å². The number of carbonyl (C=O) groups is 2. The van der Waals surface area contributed by atoms with Crippen molar-refractivity contribution in [2.24, 2.45) is 0 Å². The molecule has 124 valence electrons. The first-order chi connectivity index (χ1) is 11.5. The molecule has 0 spiro atoms. The highest BCUT2D eigenvalue weighted by Crippen LogP contribution is 2.22. The first-order valence-electron chi connectivity index (χ1n) is 7.54. The number of carbonyl (C=O) groups excluding carboxylic acids is 2. The van der Waals surface area contributed by atoms with Gasteiger partial charge in [-0.3, -0.25) is 14.5 Å². The van der Waals surface area contributed by atoms with E-state index in [1.54, 1.807) is 30.3 Å². The van der Waals surface area contributed by atoms with Gasteiger partial charge in [-0.2, -0.15) is 5.10 Å². The molecule has 0 bridgehead atoms. The van der Waals surface area contributed by atoms with Gasteiger partial charge in [-0.25, -0.2) is 0 Å². The standard InChI is InChI=1S/C17H17N3O4/c1-10-7-15(19-18-11(10)2)24-9-12(21)8-20-16(22)13-5-3-4-6-14(13)17(20)23/h3-7,12,21H,8-9H2,1-2H3. The molecular weight excluding hydrogens is 310 g/mol. The molecule has 0 radical (unpaired) electrons. The Morgan fingerprint density at radius 2 is 1.75 bits per heavy atom. The van der Waals surface area contributed by atoms with Crippen molar-refractivity contribution < 1.29 is 19.4 Å². The molecule has 1 aromatic carbocycles. The van der Waals surface area contributed by atoms with Gasteiger partial charge in [-0.05, 0) is 31.5 Å². The van der Waals surface area contributed by atoms with Gasteiger partial charge in [0.1, 0.15) is 12.7 Å². The number of rotatable bonds is 5. The third-order valence-electron chi connectivity index (χ3n) is 3.90. The number of fused-ring (bicyclic) bond motifs is 1. The van der Waals surface area contributed by atoms with E-state index in [-0.39, 0.29) is 13.2 Å². The summed E-state index contributed by atoms with van der Waals surface area (Å²) in [6, 6.07) is 8.32. The normalized spacial score (nSPS) is 14.7. The minimum Gasteiger partial charge on any atom is -0.474 e. The van der Waals surface area contributed by atoms with E-state index in [0.29, 0.717) is 17.0 Å². The average molecular weight is 327 g/mol. The fraction of sp³-hybridized carbons (Fsp3) is 0.294. The van der Waals surface area contributed by atoms with E-state index in [2.05, 4.69) is 10.2 Å². The molecule has 1 aliphatic rings. The fourth-order valence-corrected chi connectivity index (χ4v) is 2.44. The lowest BCUT2D eigenvalue weighted by molar-refractivity contribution is 0.0451. The summed E-state index contributed by atoms with van der Waals surface area (Å²) in [6.07, 6.45) is -1.02. The van der Waals surface area contributed by atoms with Crippen LogP contribution in [-0.2, 0) is 0 Å². The van der Waals surface area contributed by atoms with E-state index in [1.165, 1.54) is 0 Å². The van der Waals surface area contributed by atoms with Gasteiger partial charge in [-0.15, -0.1) is 5.10 Å². The molecule has 1 aromatic heterocycles. The van der Waals surface area contributed by atoms with Crippen molar-refractivity contribution >= 4 is 11.8 Å². The summed E-state index contributed by atoms with van der Waals surface area (Å²) < 4.78 is 5.39. The summed E-state index contributed by atoms with van der Waals surface area (Å²) in [5, 5.41) is 17.9. The second kappa shape index (κ2) is 6.37. The van der Waals surface area contributed by atoms with E-state index in [1.807, 2.05) is 13.8 Å². The maximum atomic E-state index is 12.2. The molecule has 0 saturated carbocycles. The van der Waals surface area contributed by atoms with Gasteiger partial charge in [-0.1, -0.05) is 12.1 Å². The average Bonchev–Trinajstić information content (AvgIpc) is 2.81. The number of amides is 2. The van der Waals surface area contributed by atoms with Crippen molar-refractivity contribution in [1.29, 1.82) is 0 Å². The molecule has 7 nitrogen and oxygen atoms in total. The van der Waals surface area contributed by atoms with Crippen LogP contribution >= 0.6 is 0 Å². The predicted molar refractivity (Wildman–Crippen MR) is 84.8 cm³/mol. The molecule has 1 atom stereocenters. The fourth-order valence-electron chi connectivity index (χ4n) is 2.44. The van der Waals surface area contributed by atoms with E-state index in [0.717, 1.165) is 16.2 Å². The van der Waals surface area contributed by atoms with Crippen LogP contribution in [0.1, 0.15) is 32.0 Å². The van der Waals surface area contributed by atoms with Crippen molar-refractivity contribution in [3.05, 3.63) is 52.7 Å². The lowest BCUT2D eigenvalue weighted by atomic mass is 10.1. The highest BCUT2D eigenvalue weighted by atomic mass is 16.5. The number of β-amino-alcohol motifs (C(OH)–C–C–N with tert-alkyl or cyclic N) is 1. The lowest BCUT2D eigenvalue weighted by Gasteiger charge is -2.18. The molecule has 1 unspecified atom stereocenters. The van der Waals surface area contributed by atoms with Crippen molar-refractivity contribution in [2.45, 2.75) is 20.0 Å². The third-order valence-corrected chi connectivity index (χ3v) is 3.90. The summed E-state index contributed by atoms with van der Waals surface area (Å²) in [7, 11) is 0. The van der Waals surface area contributed by atoms with E-state index < -0.39 is 17.9 Å². The summed E-state index contributed by atoms with van der Waals surface area (Å²) in [5.41, 5.74) is 2.44. The Morgan fingerprint density at radius 1 is 1.12 bits per heavy atom. The van der Waals surface area contributed by atoms with Crippen molar-refractivity contribution in [1.82, 2.24) is 15.1 Å². The quantitative estimate of drug-likeness (QED) is 0.828. The summed E-state index contributed by atoms with van der Waals surface area (Å²) >= 11 is 0. The van der Waals surface area contributed by atoms with Gasteiger partial charge >= 0.3 is 0 Å². The number of benzene rings is 1. The SMILES string of the molecule is Cc1cc(OCC(O)CN2C(=O)c3ccccc3C2=O)nnc1C. The minimum absolute atomic E-state index is 0.0927. The number of aliphatic hydroxyl groups is 1. The second-order valence-corrected chi connectivity index (χ2v) is 5.68. The first-order valence-corrected chi connectivity index (χ1v) is 7.54. The largest absolute Gasteiger partial charge is 0.474 e. The Hall–Kier alpha value is -2.80. The number of ether oxygens (including phenoxy) is 1. The number of hydrogen-bond donors (Lipinski definition) is 1. The molecule has 0 saturated heterocycles. The zero-order valence-electron chi connectivity index (χ0n) is 13.4. The van der Waals surface area contributed by atoms with Gasteiger partial charge < -0.3 is 9.84 Å². The Morgan fingerprint density at radius 3 is 2.33 bits per heavy atom. The van der Waals surface area contributed by atoms with Crippen molar-refractivity contribution in [2.75, 3.05) is 13.2 Å². The van der Waals surface area contributed by atoms with E-state index in [4.69, 9.17) is 4.74 Å². The highest BCUT2D eigenvalue weighted by molar-refractivity contribution is 6.21. The van der Waals surface area contributed by atoms with Gasteiger partial charge in [0.15, 0.2) is 0 Å². The molecule has 2 heterocycles. The number of aliphatic hydroxyl groups excluding tert-OH is 1. The first kappa shape index (κ1) is 16.1. The lowest BCUT2D eigenvalue weighted by Crippen LogP contribution is -2.39. The number of aromatic nitrogens is 2. The number of hydrogen-bond acceptors (Lipinski definition) is 6. The van der Waals surface area contributed by atoms with Crippen LogP contribution in [0.4, 0.5) is 0 Å². The Kier molecular flexibility index (Phi) is 4.26. The van der Waals surface area contributed by atoms with Crippen LogP contribution in [0.2, 0.25) is 0 Å². The van der Waals surface area contributed by atoms with Crippen LogP contribution in [0.3, 0.4) is 0 Å². The predicted octanol–water partition coefficient (Wildman–Crippen LogP) is 1.13.